The van der Waals surface area contributed by atoms with E-state index in [2.05, 4.69) is 11.1 Å². The van der Waals surface area contributed by atoms with Crippen LogP contribution in [0.2, 0.25) is 5.02 Å². The first-order valence-electron chi connectivity index (χ1n) is 12.6. The zero-order valence-corrected chi connectivity index (χ0v) is 22.0. The van der Waals surface area contributed by atoms with E-state index in [1.165, 1.54) is 0 Å². The normalized spacial score (nSPS) is 18.9. The Kier molecular flexibility index (Phi) is 6.24. The molecule has 3 heterocycles. The second kappa shape index (κ2) is 9.72. The summed E-state index contributed by atoms with van der Waals surface area (Å²) in [6, 6.07) is 20.1. The second-order valence-electron chi connectivity index (χ2n) is 9.73. The van der Waals surface area contributed by atoms with Crippen molar-refractivity contribution in [2.75, 3.05) is 27.3 Å². The molecular weight excluding hydrogens is 502 g/mol. The number of aromatic nitrogens is 1. The summed E-state index contributed by atoms with van der Waals surface area (Å²) in [6.07, 6.45) is 1.10. The molecule has 1 N–H and O–H groups in total. The van der Waals surface area contributed by atoms with Crippen LogP contribution in [-0.2, 0) is 22.4 Å². The van der Waals surface area contributed by atoms with E-state index in [1.807, 2.05) is 60.7 Å². The van der Waals surface area contributed by atoms with Crippen molar-refractivity contribution >= 4 is 34.3 Å². The van der Waals surface area contributed by atoms with E-state index in [0.717, 1.165) is 33.3 Å². The predicted octanol–water partition coefficient (Wildman–Crippen LogP) is 4.77. The number of aromatic amines is 1. The largest absolute Gasteiger partial charge is 0.497 e. The number of H-pyrrole nitrogens is 1. The maximum atomic E-state index is 13.9. The number of rotatable bonds is 6. The van der Waals surface area contributed by atoms with E-state index in [1.54, 1.807) is 24.0 Å². The number of amides is 2. The molecule has 1 saturated heterocycles. The Bertz CT molecular complexity index is 1530. The van der Waals surface area contributed by atoms with E-state index in [0.29, 0.717) is 35.9 Å². The van der Waals surface area contributed by atoms with Gasteiger partial charge < -0.3 is 24.3 Å². The van der Waals surface area contributed by atoms with Gasteiger partial charge in [0.1, 0.15) is 23.6 Å². The first-order valence-corrected chi connectivity index (χ1v) is 13.0. The Morgan fingerprint density at radius 1 is 1.00 bits per heavy atom. The first kappa shape index (κ1) is 24.4. The molecule has 2 atom stereocenters. The lowest BCUT2D eigenvalue weighted by atomic mass is 9.85. The SMILES string of the molecule is COc1ccc(OC)c([C@@H]2c3[nH]c4ccccc4c3C[C@H]3C(=O)N(CCc4ccc(Cl)cc4)CC(=O)N23)c1. The third-order valence-electron chi connectivity index (χ3n) is 7.66. The van der Waals surface area contributed by atoms with Gasteiger partial charge in [0, 0.05) is 40.1 Å². The summed E-state index contributed by atoms with van der Waals surface area (Å²) in [5.74, 6) is 1.15. The third-order valence-corrected chi connectivity index (χ3v) is 7.91. The number of fused-ring (bicyclic) bond motifs is 4. The van der Waals surface area contributed by atoms with Gasteiger partial charge in [-0.1, -0.05) is 41.9 Å². The molecule has 2 aliphatic rings. The van der Waals surface area contributed by atoms with Crippen molar-refractivity contribution in [1.29, 1.82) is 0 Å². The molecule has 2 amide bonds. The maximum Gasteiger partial charge on any atom is 0.246 e. The molecule has 194 valence electrons. The molecular formula is C30H28ClN3O4. The molecule has 1 fully saturated rings. The maximum absolute atomic E-state index is 13.9. The average molecular weight is 530 g/mol. The van der Waals surface area contributed by atoms with Crippen LogP contribution in [0, 0.1) is 0 Å². The molecule has 7 nitrogen and oxygen atoms in total. The highest BCUT2D eigenvalue weighted by atomic mass is 35.5. The molecule has 6 rings (SSSR count). The topological polar surface area (TPSA) is 74.9 Å². The van der Waals surface area contributed by atoms with Crippen LogP contribution in [0.4, 0.5) is 0 Å². The minimum Gasteiger partial charge on any atom is -0.497 e. The van der Waals surface area contributed by atoms with Gasteiger partial charge in [0.15, 0.2) is 0 Å². The van der Waals surface area contributed by atoms with Crippen LogP contribution in [0.15, 0.2) is 66.7 Å². The van der Waals surface area contributed by atoms with E-state index < -0.39 is 12.1 Å². The highest BCUT2D eigenvalue weighted by molar-refractivity contribution is 6.30. The van der Waals surface area contributed by atoms with Crippen LogP contribution in [-0.4, -0.2) is 59.9 Å². The highest BCUT2D eigenvalue weighted by Crippen LogP contribution is 2.45. The van der Waals surface area contributed by atoms with Gasteiger partial charge in [0.25, 0.3) is 0 Å². The summed E-state index contributed by atoms with van der Waals surface area (Å²) >= 11 is 6.02. The molecule has 0 radical (unpaired) electrons. The van der Waals surface area contributed by atoms with Crippen molar-refractivity contribution in [3.63, 3.8) is 0 Å². The van der Waals surface area contributed by atoms with Gasteiger partial charge in [-0.15, -0.1) is 0 Å². The summed E-state index contributed by atoms with van der Waals surface area (Å²) in [7, 11) is 3.22. The minimum atomic E-state index is -0.617. The van der Waals surface area contributed by atoms with Crippen molar-refractivity contribution in [1.82, 2.24) is 14.8 Å². The van der Waals surface area contributed by atoms with Crippen molar-refractivity contribution in [2.24, 2.45) is 0 Å². The smallest absolute Gasteiger partial charge is 0.246 e. The number of halogens is 1. The number of piperazine rings is 1. The lowest BCUT2D eigenvalue weighted by Gasteiger charge is -2.47. The number of hydrogen-bond acceptors (Lipinski definition) is 4. The second-order valence-corrected chi connectivity index (χ2v) is 10.2. The molecule has 0 aliphatic carbocycles. The molecule has 4 aromatic rings. The molecule has 8 heteroatoms. The summed E-state index contributed by atoms with van der Waals surface area (Å²) < 4.78 is 11.3. The van der Waals surface area contributed by atoms with Crippen molar-refractivity contribution in [3.8, 4) is 11.5 Å². The van der Waals surface area contributed by atoms with E-state index in [-0.39, 0.29) is 18.4 Å². The lowest BCUT2D eigenvalue weighted by Crippen LogP contribution is -2.63. The van der Waals surface area contributed by atoms with E-state index in [4.69, 9.17) is 21.1 Å². The highest BCUT2D eigenvalue weighted by Gasteiger charge is 2.48. The quantitative estimate of drug-likeness (QED) is 0.390. The molecule has 1 aromatic heterocycles. The van der Waals surface area contributed by atoms with Gasteiger partial charge in [-0.25, -0.2) is 0 Å². The standard InChI is InChI=1S/C30H28ClN3O4/c1-37-20-11-12-26(38-2)23(15-20)29-28-22(21-5-3-4-6-24(21)32-28)16-25-30(36)33(17-27(35)34(25)29)14-13-18-7-9-19(31)10-8-18/h3-12,15,25,29,32H,13-14,16-17H2,1-2H3/t25-,29+/m0/s1. The number of nitrogens with one attached hydrogen (secondary N) is 1. The average Bonchev–Trinajstić information content (AvgIpc) is 3.32. The lowest BCUT2D eigenvalue weighted by molar-refractivity contribution is -0.158. The summed E-state index contributed by atoms with van der Waals surface area (Å²) in [5.41, 5.74) is 4.78. The summed E-state index contributed by atoms with van der Waals surface area (Å²) in [5, 5.41) is 1.73. The zero-order valence-electron chi connectivity index (χ0n) is 21.2. The van der Waals surface area contributed by atoms with Crippen molar-refractivity contribution in [3.05, 3.63) is 94.1 Å². The van der Waals surface area contributed by atoms with Gasteiger partial charge in [-0.3, -0.25) is 9.59 Å². The van der Waals surface area contributed by atoms with Gasteiger partial charge in [-0.2, -0.15) is 0 Å². The zero-order chi connectivity index (χ0) is 26.4. The number of para-hydroxylation sites is 1. The van der Waals surface area contributed by atoms with E-state index in [9.17, 15) is 9.59 Å². The molecule has 0 spiro atoms. The summed E-state index contributed by atoms with van der Waals surface area (Å²) in [4.78, 5) is 34.8. The van der Waals surface area contributed by atoms with Crippen LogP contribution in [0.25, 0.3) is 10.9 Å². The third kappa shape index (κ3) is 4.07. The fraction of sp³-hybridized carbons (Fsp3) is 0.267. The first-order chi connectivity index (χ1) is 18.5. The molecule has 2 aliphatic heterocycles. The molecule has 0 bridgehead atoms. The fourth-order valence-corrected chi connectivity index (χ4v) is 5.93. The van der Waals surface area contributed by atoms with Gasteiger partial charge in [0.2, 0.25) is 11.8 Å². The predicted molar refractivity (Wildman–Crippen MR) is 146 cm³/mol. The number of benzene rings is 3. The molecule has 0 saturated carbocycles. The Morgan fingerprint density at radius 3 is 2.55 bits per heavy atom. The van der Waals surface area contributed by atoms with Gasteiger partial charge in [0.05, 0.1) is 20.8 Å². The number of ether oxygens (including phenoxy) is 2. The number of hydrogen-bond donors (Lipinski definition) is 1. The summed E-state index contributed by atoms with van der Waals surface area (Å²) in [6.45, 7) is 0.492. The Balaban J connectivity index is 1.42. The van der Waals surface area contributed by atoms with Crippen LogP contribution in [0.3, 0.4) is 0 Å². The van der Waals surface area contributed by atoms with Crippen LogP contribution in [0.1, 0.15) is 28.4 Å². The van der Waals surface area contributed by atoms with Crippen molar-refractivity contribution < 1.29 is 19.1 Å². The number of methoxy groups -OCH3 is 2. The van der Waals surface area contributed by atoms with Gasteiger partial charge in [-0.05, 0) is 53.9 Å². The van der Waals surface area contributed by atoms with Crippen LogP contribution in [0.5, 0.6) is 11.5 Å². The van der Waals surface area contributed by atoms with Crippen LogP contribution >= 0.6 is 11.6 Å². The monoisotopic (exact) mass is 529 g/mol. The molecule has 3 aromatic carbocycles. The van der Waals surface area contributed by atoms with Crippen LogP contribution < -0.4 is 9.47 Å². The van der Waals surface area contributed by atoms with Gasteiger partial charge >= 0.3 is 0 Å². The Labute approximate surface area is 225 Å². The number of nitrogens with zero attached hydrogens (tertiary/aromatic N) is 2. The van der Waals surface area contributed by atoms with E-state index >= 15 is 0 Å². The molecule has 38 heavy (non-hydrogen) atoms. The Hall–Kier alpha value is -3.97. The number of carbonyl (C=O) groups excluding carboxylic acids is 2. The number of carbonyl (C=O) groups is 2. The minimum absolute atomic E-state index is 0.0290. The fourth-order valence-electron chi connectivity index (χ4n) is 5.81. The van der Waals surface area contributed by atoms with Crippen molar-refractivity contribution in [2.45, 2.75) is 24.9 Å². The molecule has 0 unspecified atom stereocenters. The Morgan fingerprint density at radius 2 is 1.79 bits per heavy atom.